The first kappa shape index (κ1) is 13.9. The van der Waals surface area contributed by atoms with Gasteiger partial charge in [-0.1, -0.05) is 12.1 Å². The van der Waals surface area contributed by atoms with Crippen LogP contribution in [0.4, 0.5) is 15.8 Å². The molecule has 3 rings (SSSR count). The monoisotopic (exact) mass is 306 g/mol. The second-order valence-electron chi connectivity index (χ2n) is 4.95. The highest BCUT2D eigenvalue weighted by Crippen LogP contribution is 2.28. The average molecular weight is 306 g/mol. The van der Waals surface area contributed by atoms with Gasteiger partial charge in [-0.05, 0) is 42.3 Å². The SMILES string of the molecule is CN(c1cccc(F)c1)S(=O)(=O)c1ccc2c(c1)NCC2. The van der Waals surface area contributed by atoms with Crippen molar-refractivity contribution < 1.29 is 12.8 Å². The van der Waals surface area contributed by atoms with Crippen LogP contribution in [0.2, 0.25) is 0 Å². The van der Waals surface area contributed by atoms with Crippen LogP contribution < -0.4 is 9.62 Å². The van der Waals surface area contributed by atoms with Gasteiger partial charge in [0.25, 0.3) is 10.0 Å². The molecule has 0 aromatic heterocycles. The summed E-state index contributed by atoms with van der Waals surface area (Å²) in [6.45, 7) is 0.818. The third-order valence-corrected chi connectivity index (χ3v) is 5.40. The zero-order valence-corrected chi connectivity index (χ0v) is 12.3. The third-order valence-electron chi connectivity index (χ3n) is 3.62. The summed E-state index contributed by atoms with van der Waals surface area (Å²) in [6.07, 6.45) is 0.898. The normalized spacial score (nSPS) is 13.6. The lowest BCUT2D eigenvalue weighted by atomic mass is 10.2. The average Bonchev–Trinajstić information content (AvgIpc) is 2.93. The Balaban J connectivity index is 2.00. The number of nitrogens with one attached hydrogen (secondary N) is 1. The number of anilines is 2. The van der Waals surface area contributed by atoms with Crippen LogP contribution >= 0.6 is 0 Å². The maximum atomic E-state index is 13.3. The van der Waals surface area contributed by atoms with Gasteiger partial charge in [-0.2, -0.15) is 0 Å². The number of halogens is 1. The number of sulfonamides is 1. The fraction of sp³-hybridized carbons (Fsp3) is 0.200. The lowest BCUT2D eigenvalue weighted by Crippen LogP contribution is -2.26. The minimum absolute atomic E-state index is 0.197. The molecule has 6 heteroatoms. The van der Waals surface area contributed by atoms with E-state index in [0.717, 1.165) is 28.5 Å². The van der Waals surface area contributed by atoms with E-state index in [2.05, 4.69) is 5.32 Å². The standard InChI is InChI=1S/C15H15FN2O2S/c1-18(13-4-2-3-12(16)9-13)21(19,20)14-6-5-11-7-8-17-15(11)10-14/h2-6,9-10,17H,7-8H2,1H3. The van der Waals surface area contributed by atoms with Crippen LogP contribution in [0.3, 0.4) is 0 Å². The largest absolute Gasteiger partial charge is 0.384 e. The number of benzene rings is 2. The molecule has 1 heterocycles. The third kappa shape index (κ3) is 2.47. The van der Waals surface area contributed by atoms with E-state index in [4.69, 9.17) is 0 Å². The Labute approximate surface area is 123 Å². The molecule has 1 aliphatic heterocycles. The Morgan fingerprint density at radius 1 is 1.19 bits per heavy atom. The van der Waals surface area contributed by atoms with Gasteiger partial charge < -0.3 is 5.32 Å². The quantitative estimate of drug-likeness (QED) is 0.948. The highest BCUT2D eigenvalue weighted by Gasteiger charge is 2.23. The zero-order chi connectivity index (χ0) is 15.0. The van der Waals surface area contributed by atoms with Crippen LogP contribution in [0.25, 0.3) is 0 Å². The van der Waals surface area contributed by atoms with E-state index in [1.54, 1.807) is 18.2 Å². The molecule has 21 heavy (non-hydrogen) atoms. The Morgan fingerprint density at radius 2 is 2.00 bits per heavy atom. The molecule has 0 radical (unpaired) electrons. The van der Waals surface area contributed by atoms with Crippen molar-refractivity contribution in [1.29, 1.82) is 0 Å². The van der Waals surface area contributed by atoms with Crippen molar-refractivity contribution in [3.8, 4) is 0 Å². The molecular weight excluding hydrogens is 291 g/mol. The van der Waals surface area contributed by atoms with Gasteiger partial charge in [-0.25, -0.2) is 12.8 Å². The molecule has 0 saturated heterocycles. The molecule has 0 atom stereocenters. The van der Waals surface area contributed by atoms with Crippen LogP contribution in [0.5, 0.6) is 0 Å². The Kier molecular flexibility index (Phi) is 3.33. The predicted molar refractivity (Wildman–Crippen MR) is 80.6 cm³/mol. The molecule has 0 spiro atoms. The first-order valence-corrected chi connectivity index (χ1v) is 8.04. The highest BCUT2D eigenvalue weighted by molar-refractivity contribution is 7.92. The maximum Gasteiger partial charge on any atom is 0.264 e. The molecule has 2 aromatic rings. The number of hydrogen-bond donors (Lipinski definition) is 1. The molecule has 0 fully saturated rings. The van der Waals surface area contributed by atoms with E-state index < -0.39 is 15.8 Å². The minimum Gasteiger partial charge on any atom is -0.384 e. The second-order valence-corrected chi connectivity index (χ2v) is 6.92. The molecule has 2 aromatic carbocycles. The molecule has 0 unspecified atom stereocenters. The molecule has 1 N–H and O–H groups in total. The van der Waals surface area contributed by atoms with E-state index >= 15 is 0 Å². The van der Waals surface area contributed by atoms with Crippen molar-refractivity contribution in [2.75, 3.05) is 23.2 Å². The Bertz CT molecular complexity index is 790. The van der Waals surface area contributed by atoms with Crippen molar-refractivity contribution in [3.63, 3.8) is 0 Å². The van der Waals surface area contributed by atoms with E-state index in [0.29, 0.717) is 5.69 Å². The van der Waals surface area contributed by atoms with Crippen LogP contribution in [0, 0.1) is 5.82 Å². The van der Waals surface area contributed by atoms with Crippen molar-refractivity contribution in [2.24, 2.45) is 0 Å². The predicted octanol–water partition coefficient (Wildman–Crippen LogP) is 2.62. The van der Waals surface area contributed by atoms with Gasteiger partial charge in [0.2, 0.25) is 0 Å². The fourth-order valence-corrected chi connectivity index (χ4v) is 3.61. The Morgan fingerprint density at radius 3 is 2.76 bits per heavy atom. The first-order chi connectivity index (χ1) is 9.98. The summed E-state index contributed by atoms with van der Waals surface area (Å²) < 4.78 is 39.6. The van der Waals surface area contributed by atoms with Gasteiger partial charge >= 0.3 is 0 Å². The minimum atomic E-state index is -3.70. The van der Waals surface area contributed by atoms with Crippen molar-refractivity contribution in [1.82, 2.24) is 0 Å². The van der Waals surface area contributed by atoms with Crippen LogP contribution in [0.15, 0.2) is 47.4 Å². The summed E-state index contributed by atoms with van der Waals surface area (Å²) in [6, 6.07) is 10.6. The molecule has 4 nitrogen and oxygen atoms in total. The smallest absolute Gasteiger partial charge is 0.264 e. The number of fused-ring (bicyclic) bond motifs is 1. The van der Waals surface area contributed by atoms with E-state index in [9.17, 15) is 12.8 Å². The van der Waals surface area contributed by atoms with Crippen LogP contribution in [-0.4, -0.2) is 22.0 Å². The summed E-state index contributed by atoms with van der Waals surface area (Å²) in [5.41, 5.74) is 2.26. The topological polar surface area (TPSA) is 49.4 Å². The molecule has 1 aliphatic rings. The number of nitrogens with zero attached hydrogens (tertiary/aromatic N) is 1. The van der Waals surface area contributed by atoms with E-state index in [1.807, 2.05) is 6.07 Å². The van der Waals surface area contributed by atoms with Gasteiger partial charge in [0.1, 0.15) is 5.82 Å². The van der Waals surface area contributed by atoms with Gasteiger partial charge in [0.15, 0.2) is 0 Å². The van der Waals surface area contributed by atoms with Crippen molar-refractivity contribution in [3.05, 3.63) is 53.8 Å². The lowest BCUT2D eigenvalue weighted by molar-refractivity contribution is 0.594. The molecular formula is C15H15FN2O2S. The second kappa shape index (κ2) is 5.04. The number of hydrogen-bond acceptors (Lipinski definition) is 3. The summed E-state index contributed by atoms with van der Waals surface area (Å²) in [4.78, 5) is 0.197. The highest BCUT2D eigenvalue weighted by atomic mass is 32.2. The molecule has 0 saturated carbocycles. The van der Waals surface area contributed by atoms with Crippen molar-refractivity contribution >= 4 is 21.4 Å². The maximum absolute atomic E-state index is 13.3. The van der Waals surface area contributed by atoms with Crippen molar-refractivity contribution in [2.45, 2.75) is 11.3 Å². The van der Waals surface area contributed by atoms with Gasteiger partial charge in [-0.15, -0.1) is 0 Å². The zero-order valence-electron chi connectivity index (χ0n) is 11.5. The summed E-state index contributed by atoms with van der Waals surface area (Å²) >= 11 is 0. The molecule has 0 bridgehead atoms. The van der Waals surface area contributed by atoms with E-state index in [1.165, 1.54) is 25.2 Å². The summed E-state index contributed by atoms with van der Waals surface area (Å²) in [5.74, 6) is -0.467. The van der Waals surface area contributed by atoms with E-state index in [-0.39, 0.29) is 4.90 Å². The fourth-order valence-electron chi connectivity index (χ4n) is 2.40. The summed E-state index contributed by atoms with van der Waals surface area (Å²) in [5, 5.41) is 3.16. The van der Waals surface area contributed by atoms with Gasteiger partial charge in [-0.3, -0.25) is 4.31 Å². The van der Waals surface area contributed by atoms with Gasteiger partial charge in [0, 0.05) is 19.3 Å². The summed E-state index contributed by atoms with van der Waals surface area (Å²) in [7, 11) is -2.28. The molecule has 0 aliphatic carbocycles. The molecule has 110 valence electrons. The van der Waals surface area contributed by atoms with Crippen LogP contribution in [0.1, 0.15) is 5.56 Å². The first-order valence-electron chi connectivity index (χ1n) is 6.60. The lowest BCUT2D eigenvalue weighted by Gasteiger charge is -2.20. The molecule has 0 amide bonds. The van der Waals surface area contributed by atoms with Gasteiger partial charge in [0.05, 0.1) is 10.6 Å². The Hall–Kier alpha value is -2.08. The van der Waals surface area contributed by atoms with Crippen LogP contribution in [-0.2, 0) is 16.4 Å². The number of rotatable bonds is 3.